The molecule has 0 amide bonds. The summed E-state index contributed by atoms with van der Waals surface area (Å²) in [6.45, 7) is 0. The van der Waals surface area contributed by atoms with Crippen molar-refractivity contribution in [1.82, 2.24) is 4.57 Å². The first-order valence-electron chi connectivity index (χ1n) is 4.67. The van der Waals surface area contributed by atoms with Crippen LogP contribution in [0.1, 0.15) is 10.4 Å². The number of carboxylic acids is 1. The summed E-state index contributed by atoms with van der Waals surface area (Å²) in [6.07, 6.45) is 2.34. The van der Waals surface area contributed by atoms with Crippen LogP contribution >= 0.6 is 0 Å². The second-order valence-corrected chi connectivity index (χ2v) is 3.38. The zero-order valence-corrected chi connectivity index (χ0v) is 8.62. The van der Waals surface area contributed by atoms with Gasteiger partial charge in [0.05, 0.1) is 0 Å². The van der Waals surface area contributed by atoms with Crippen LogP contribution in [0.2, 0.25) is 0 Å². The van der Waals surface area contributed by atoms with Crippen LogP contribution in [-0.4, -0.2) is 15.6 Å². The SMILES string of the molecule is O=C(O)c1c(F)c(F)c(F)c(-n2cccc2)c1F. The molecule has 18 heavy (non-hydrogen) atoms. The Morgan fingerprint density at radius 2 is 1.50 bits per heavy atom. The lowest BCUT2D eigenvalue weighted by molar-refractivity contribution is 0.0684. The van der Waals surface area contributed by atoms with Gasteiger partial charge in [0.15, 0.2) is 23.3 Å². The lowest BCUT2D eigenvalue weighted by Crippen LogP contribution is -2.13. The summed E-state index contributed by atoms with van der Waals surface area (Å²) in [5, 5.41) is 8.61. The lowest BCUT2D eigenvalue weighted by Gasteiger charge is -2.10. The Kier molecular flexibility index (Phi) is 2.82. The molecule has 0 aliphatic heterocycles. The Bertz CT molecular complexity index is 623. The highest BCUT2D eigenvalue weighted by Crippen LogP contribution is 2.27. The van der Waals surface area contributed by atoms with E-state index >= 15 is 0 Å². The third kappa shape index (κ3) is 1.64. The van der Waals surface area contributed by atoms with Crippen molar-refractivity contribution in [3.8, 4) is 5.69 Å². The summed E-state index contributed by atoms with van der Waals surface area (Å²) in [5.74, 6) is -9.57. The van der Waals surface area contributed by atoms with E-state index in [1.807, 2.05) is 0 Å². The van der Waals surface area contributed by atoms with Gasteiger partial charge in [0, 0.05) is 12.4 Å². The second kappa shape index (κ2) is 4.17. The minimum Gasteiger partial charge on any atom is -0.477 e. The summed E-state index contributed by atoms with van der Waals surface area (Å²) in [7, 11) is 0. The minimum absolute atomic E-state index is 0.819. The third-order valence-electron chi connectivity index (χ3n) is 2.32. The van der Waals surface area contributed by atoms with Crippen LogP contribution in [0.3, 0.4) is 0 Å². The smallest absolute Gasteiger partial charge is 0.341 e. The normalized spacial score (nSPS) is 10.7. The van der Waals surface area contributed by atoms with Crippen molar-refractivity contribution in [1.29, 1.82) is 0 Å². The first-order valence-corrected chi connectivity index (χ1v) is 4.67. The van der Waals surface area contributed by atoms with Crippen LogP contribution in [0, 0.1) is 23.3 Å². The molecule has 0 spiro atoms. The Hall–Kier alpha value is -2.31. The molecule has 0 bridgehead atoms. The van der Waals surface area contributed by atoms with Gasteiger partial charge in [-0.3, -0.25) is 0 Å². The highest BCUT2D eigenvalue weighted by Gasteiger charge is 2.29. The monoisotopic (exact) mass is 259 g/mol. The number of hydrogen-bond acceptors (Lipinski definition) is 1. The number of nitrogens with zero attached hydrogens (tertiary/aromatic N) is 1. The fourth-order valence-corrected chi connectivity index (χ4v) is 1.52. The number of aromatic carboxylic acids is 1. The zero-order valence-electron chi connectivity index (χ0n) is 8.62. The van der Waals surface area contributed by atoms with Gasteiger partial charge in [-0.15, -0.1) is 0 Å². The Labute approximate surface area is 97.9 Å². The van der Waals surface area contributed by atoms with Gasteiger partial charge in [-0.2, -0.15) is 0 Å². The number of carboxylic acid groups (broad SMARTS) is 1. The Morgan fingerprint density at radius 3 is 2.00 bits per heavy atom. The molecule has 1 aromatic heterocycles. The molecule has 7 heteroatoms. The molecule has 2 aromatic rings. The molecule has 0 saturated carbocycles. The summed E-state index contributed by atoms with van der Waals surface area (Å²) in [4.78, 5) is 10.6. The van der Waals surface area contributed by atoms with E-state index in [1.54, 1.807) is 0 Å². The Balaban J connectivity index is 2.86. The molecular weight excluding hydrogens is 254 g/mol. The molecule has 0 unspecified atom stereocenters. The first kappa shape index (κ1) is 12.2. The molecule has 1 N–H and O–H groups in total. The highest BCUT2D eigenvalue weighted by molar-refractivity contribution is 5.89. The van der Waals surface area contributed by atoms with E-state index < -0.39 is 40.5 Å². The molecule has 0 saturated heterocycles. The molecule has 0 aliphatic carbocycles. The molecule has 1 aromatic carbocycles. The van der Waals surface area contributed by atoms with E-state index in [-0.39, 0.29) is 0 Å². The van der Waals surface area contributed by atoms with Gasteiger partial charge in [0.25, 0.3) is 0 Å². The second-order valence-electron chi connectivity index (χ2n) is 3.38. The van der Waals surface area contributed by atoms with Crippen molar-refractivity contribution in [3.05, 3.63) is 53.4 Å². The van der Waals surface area contributed by atoms with Crippen LogP contribution in [0.25, 0.3) is 5.69 Å². The number of benzene rings is 1. The van der Waals surface area contributed by atoms with Gasteiger partial charge >= 0.3 is 5.97 Å². The number of aromatic nitrogens is 1. The van der Waals surface area contributed by atoms with Crippen LogP contribution < -0.4 is 0 Å². The number of carbonyl (C=O) groups is 1. The average molecular weight is 259 g/mol. The summed E-state index contributed by atoms with van der Waals surface area (Å²) in [6, 6.07) is 2.78. The highest BCUT2D eigenvalue weighted by atomic mass is 19.2. The average Bonchev–Trinajstić information content (AvgIpc) is 2.79. The quantitative estimate of drug-likeness (QED) is 0.512. The van der Waals surface area contributed by atoms with Crippen molar-refractivity contribution >= 4 is 5.97 Å². The molecule has 1 heterocycles. The predicted molar refractivity (Wildman–Crippen MR) is 52.6 cm³/mol. The molecule has 3 nitrogen and oxygen atoms in total. The van der Waals surface area contributed by atoms with E-state index in [9.17, 15) is 22.4 Å². The van der Waals surface area contributed by atoms with E-state index in [4.69, 9.17) is 5.11 Å². The predicted octanol–water partition coefficient (Wildman–Crippen LogP) is 2.73. The van der Waals surface area contributed by atoms with Crippen molar-refractivity contribution in [2.75, 3.05) is 0 Å². The summed E-state index contributed by atoms with van der Waals surface area (Å²) in [5.41, 5.74) is -2.51. The molecule has 2 rings (SSSR count). The fraction of sp³-hybridized carbons (Fsp3) is 0. The molecule has 0 fully saturated rings. The summed E-state index contributed by atoms with van der Waals surface area (Å²) >= 11 is 0. The van der Waals surface area contributed by atoms with Crippen molar-refractivity contribution < 1.29 is 27.5 Å². The van der Waals surface area contributed by atoms with Gasteiger partial charge in [-0.05, 0) is 12.1 Å². The van der Waals surface area contributed by atoms with Crippen molar-refractivity contribution in [2.24, 2.45) is 0 Å². The van der Waals surface area contributed by atoms with Crippen molar-refractivity contribution in [2.45, 2.75) is 0 Å². The third-order valence-corrected chi connectivity index (χ3v) is 2.32. The molecule has 0 aliphatic rings. The van der Waals surface area contributed by atoms with Gasteiger partial charge < -0.3 is 9.67 Å². The number of rotatable bonds is 2. The largest absolute Gasteiger partial charge is 0.477 e. The Morgan fingerprint density at radius 1 is 0.944 bits per heavy atom. The minimum atomic E-state index is -2.06. The summed E-state index contributed by atoms with van der Waals surface area (Å²) < 4.78 is 54.4. The number of hydrogen-bond donors (Lipinski definition) is 1. The van der Waals surface area contributed by atoms with Gasteiger partial charge in [-0.1, -0.05) is 0 Å². The number of halogens is 4. The standard InChI is InChI=1S/C11H5F4NO2/c12-6-5(11(17)18)7(13)10(9(15)8(6)14)16-3-1-2-4-16/h1-4H,(H,17,18). The van der Waals surface area contributed by atoms with Gasteiger partial charge in [0.1, 0.15) is 11.3 Å². The topological polar surface area (TPSA) is 42.2 Å². The van der Waals surface area contributed by atoms with Crippen LogP contribution in [0.4, 0.5) is 17.6 Å². The maximum atomic E-state index is 13.7. The molecule has 0 atom stereocenters. The fourth-order valence-electron chi connectivity index (χ4n) is 1.52. The maximum absolute atomic E-state index is 13.7. The molecule has 0 radical (unpaired) electrons. The molecular formula is C11H5F4NO2. The van der Waals surface area contributed by atoms with E-state index in [1.165, 1.54) is 24.5 Å². The van der Waals surface area contributed by atoms with E-state index in [2.05, 4.69) is 0 Å². The van der Waals surface area contributed by atoms with Crippen molar-refractivity contribution in [3.63, 3.8) is 0 Å². The zero-order chi connectivity index (χ0) is 13.4. The van der Waals surface area contributed by atoms with Crippen LogP contribution in [-0.2, 0) is 0 Å². The van der Waals surface area contributed by atoms with E-state index in [0.717, 1.165) is 4.57 Å². The lowest BCUT2D eigenvalue weighted by atomic mass is 10.1. The van der Waals surface area contributed by atoms with Gasteiger partial charge in [-0.25, -0.2) is 22.4 Å². The molecule has 94 valence electrons. The maximum Gasteiger partial charge on any atom is 0.341 e. The first-order chi connectivity index (χ1) is 8.45. The van der Waals surface area contributed by atoms with Crippen LogP contribution in [0.5, 0.6) is 0 Å². The van der Waals surface area contributed by atoms with Crippen LogP contribution in [0.15, 0.2) is 24.5 Å². The van der Waals surface area contributed by atoms with Gasteiger partial charge in [0.2, 0.25) is 0 Å². The van der Waals surface area contributed by atoms with E-state index in [0.29, 0.717) is 0 Å².